The SMILES string of the molecule is CCCC(=O)NC1CCCN(c2ccc3ccccc3n2)C1. The number of benzene rings is 1. The summed E-state index contributed by atoms with van der Waals surface area (Å²) in [5, 5.41) is 4.31. The summed E-state index contributed by atoms with van der Waals surface area (Å²) in [7, 11) is 0. The van der Waals surface area contributed by atoms with E-state index in [-0.39, 0.29) is 11.9 Å². The number of anilines is 1. The van der Waals surface area contributed by atoms with Crippen LogP contribution >= 0.6 is 0 Å². The number of carbonyl (C=O) groups is 1. The molecule has 1 amide bonds. The van der Waals surface area contributed by atoms with Crippen LogP contribution in [0, 0.1) is 0 Å². The van der Waals surface area contributed by atoms with Crippen molar-refractivity contribution in [2.24, 2.45) is 0 Å². The van der Waals surface area contributed by atoms with E-state index in [1.807, 2.05) is 25.1 Å². The zero-order valence-electron chi connectivity index (χ0n) is 13.1. The number of piperidine rings is 1. The van der Waals surface area contributed by atoms with E-state index in [0.29, 0.717) is 6.42 Å². The quantitative estimate of drug-likeness (QED) is 0.943. The Bertz CT molecular complexity index is 656. The van der Waals surface area contributed by atoms with Gasteiger partial charge in [0.15, 0.2) is 0 Å². The van der Waals surface area contributed by atoms with Crippen molar-refractivity contribution in [3.05, 3.63) is 36.4 Å². The third-order valence-corrected chi connectivity index (χ3v) is 4.17. The normalized spacial score (nSPS) is 18.4. The number of pyridine rings is 1. The number of hydrogen-bond acceptors (Lipinski definition) is 3. The molecule has 4 nitrogen and oxygen atoms in total. The predicted octanol–water partition coefficient (Wildman–Crippen LogP) is 3.12. The van der Waals surface area contributed by atoms with Gasteiger partial charge in [0.2, 0.25) is 5.91 Å². The fraction of sp³-hybridized carbons (Fsp3) is 0.444. The summed E-state index contributed by atoms with van der Waals surface area (Å²) < 4.78 is 0. The highest BCUT2D eigenvalue weighted by atomic mass is 16.1. The van der Waals surface area contributed by atoms with Crippen LogP contribution in [0.5, 0.6) is 0 Å². The van der Waals surface area contributed by atoms with Crippen molar-refractivity contribution in [3.63, 3.8) is 0 Å². The van der Waals surface area contributed by atoms with Gasteiger partial charge in [-0.15, -0.1) is 0 Å². The van der Waals surface area contributed by atoms with Gasteiger partial charge in [-0.05, 0) is 37.5 Å². The molecule has 1 aliphatic rings. The zero-order valence-corrected chi connectivity index (χ0v) is 13.1. The van der Waals surface area contributed by atoms with E-state index in [1.54, 1.807) is 0 Å². The van der Waals surface area contributed by atoms with E-state index in [4.69, 9.17) is 4.98 Å². The number of rotatable bonds is 4. The number of amides is 1. The van der Waals surface area contributed by atoms with Gasteiger partial charge >= 0.3 is 0 Å². The average molecular weight is 297 g/mol. The van der Waals surface area contributed by atoms with Gasteiger partial charge in [-0.2, -0.15) is 0 Å². The van der Waals surface area contributed by atoms with Gasteiger partial charge in [0.1, 0.15) is 5.82 Å². The molecule has 1 aromatic carbocycles. The first-order valence-electron chi connectivity index (χ1n) is 8.16. The van der Waals surface area contributed by atoms with Crippen LogP contribution in [0.4, 0.5) is 5.82 Å². The predicted molar refractivity (Wildman–Crippen MR) is 90.0 cm³/mol. The molecular weight excluding hydrogens is 274 g/mol. The molecule has 1 fully saturated rings. The Morgan fingerprint density at radius 3 is 3.05 bits per heavy atom. The van der Waals surface area contributed by atoms with Crippen molar-refractivity contribution < 1.29 is 4.79 Å². The van der Waals surface area contributed by atoms with Crippen LogP contribution in [-0.2, 0) is 4.79 Å². The maximum absolute atomic E-state index is 11.8. The minimum Gasteiger partial charge on any atom is -0.355 e. The lowest BCUT2D eigenvalue weighted by Gasteiger charge is -2.34. The van der Waals surface area contributed by atoms with Gasteiger partial charge in [0.05, 0.1) is 5.52 Å². The van der Waals surface area contributed by atoms with Crippen LogP contribution in [0.3, 0.4) is 0 Å². The van der Waals surface area contributed by atoms with Gasteiger partial charge in [0, 0.05) is 30.9 Å². The van der Waals surface area contributed by atoms with Crippen LogP contribution in [0.25, 0.3) is 10.9 Å². The Morgan fingerprint density at radius 1 is 1.32 bits per heavy atom. The highest BCUT2D eigenvalue weighted by Gasteiger charge is 2.22. The summed E-state index contributed by atoms with van der Waals surface area (Å²) in [4.78, 5) is 18.8. The molecule has 2 aromatic rings. The Morgan fingerprint density at radius 2 is 2.18 bits per heavy atom. The van der Waals surface area contributed by atoms with Gasteiger partial charge in [0.25, 0.3) is 0 Å². The molecular formula is C18H23N3O. The largest absolute Gasteiger partial charge is 0.355 e. The molecule has 1 saturated heterocycles. The molecule has 1 atom stereocenters. The van der Waals surface area contributed by atoms with Crippen molar-refractivity contribution in [2.45, 2.75) is 38.6 Å². The minimum absolute atomic E-state index is 0.167. The fourth-order valence-electron chi connectivity index (χ4n) is 3.06. The van der Waals surface area contributed by atoms with Crippen LogP contribution in [0.1, 0.15) is 32.6 Å². The topological polar surface area (TPSA) is 45.2 Å². The van der Waals surface area contributed by atoms with Crippen molar-refractivity contribution in [1.29, 1.82) is 0 Å². The second kappa shape index (κ2) is 6.77. The third kappa shape index (κ3) is 3.38. The zero-order chi connectivity index (χ0) is 15.4. The molecule has 1 aliphatic heterocycles. The fourth-order valence-corrected chi connectivity index (χ4v) is 3.06. The van der Waals surface area contributed by atoms with Crippen molar-refractivity contribution in [3.8, 4) is 0 Å². The number of hydrogen-bond donors (Lipinski definition) is 1. The molecule has 3 rings (SSSR count). The molecule has 1 unspecified atom stereocenters. The smallest absolute Gasteiger partial charge is 0.220 e. The van der Waals surface area contributed by atoms with E-state index < -0.39 is 0 Å². The molecule has 0 radical (unpaired) electrons. The van der Waals surface area contributed by atoms with E-state index in [9.17, 15) is 4.79 Å². The van der Waals surface area contributed by atoms with Crippen molar-refractivity contribution >= 4 is 22.6 Å². The maximum Gasteiger partial charge on any atom is 0.220 e. The average Bonchev–Trinajstić information content (AvgIpc) is 2.55. The molecule has 1 aromatic heterocycles. The lowest BCUT2D eigenvalue weighted by atomic mass is 10.1. The Labute approximate surface area is 131 Å². The highest BCUT2D eigenvalue weighted by molar-refractivity contribution is 5.80. The van der Waals surface area contributed by atoms with Gasteiger partial charge in [-0.25, -0.2) is 4.98 Å². The molecule has 0 saturated carbocycles. The summed E-state index contributed by atoms with van der Waals surface area (Å²) in [5.74, 6) is 1.17. The minimum atomic E-state index is 0.167. The third-order valence-electron chi connectivity index (χ3n) is 4.17. The first-order chi connectivity index (χ1) is 10.8. The summed E-state index contributed by atoms with van der Waals surface area (Å²) in [6.45, 7) is 3.89. The summed E-state index contributed by atoms with van der Waals surface area (Å²) in [6.07, 6.45) is 3.66. The number of carbonyl (C=O) groups excluding carboxylic acids is 1. The number of nitrogens with zero attached hydrogens (tertiary/aromatic N) is 2. The number of para-hydroxylation sites is 1. The van der Waals surface area contributed by atoms with E-state index >= 15 is 0 Å². The summed E-state index contributed by atoms with van der Waals surface area (Å²) in [6, 6.07) is 12.6. The molecule has 1 N–H and O–H groups in total. The Balaban J connectivity index is 1.71. The van der Waals surface area contributed by atoms with E-state index in [1.165, 1.54) is 0 Å². The summed E-state index contributed by atoms with van der Waals surface area (Å²) in [5.41, 5.74) is 1.03. The molecule has 0 spiro atoms. The van der Waals surface area contributed by atoms with Gasteiger partial charge < -0.3 is 10.2 Å². The van der Waals surface area contributed by atoms with E-state index in [2.05, 4.69) is 28.4 Å². The monoisotopic (exact) mass is 297 g/mol. The van der Waals surface area contributed by atoms with Crippen LogP contribution in [0.15, 0.2) is 36.4 Å². The van der Waals surface area contributed by atoms with Gasteiger partial charge in [-0.1, -0.05) is 25.1 Å². The van der Waals surface area contributed by atoms with Crippen molar-refractivity contribution in [1.82, 2.24) is 10.3 Å². The molecule has 2 heterocycles. The maximum atomic E-state index is 11.8. The first kappa shape index (κ1) is 14.8. The number of aromatic nitrogens is 1. The van der Waals surface area contributed by atoms with E-state index in [0.717, 1.165) is 49.1 Å². The Hall–Kier alpha value is -2.10. The lowest BCUT2D eigenvalue weighted by Crippen LogP contribution is -2.48. The first-order valence-corrected chi connectivity index (χ1v) is 8.16. The van der Waals surface area contributed by atoms with Crippen molar-refractivity contribution in [2.75, 3.05) is 18.0 Å². The van der Waals surface area contributed by atoms with Gasteiger partial charge in [-0.3, -0.25) is 4.79 Å². The molecule has 0 aliphatic carbocycles. The lowest BCUT2D eigenvalue weighted by molar-refractivity contribution is -0.121. The number of nitrogens with one attached hydrogen (secondary N) is 1. The van der Waals surface area contributed by atoms with Crippen LogP contribution < -0.4 is 10.2 Å². The van der Waals surface area contributed by atoms with Crippen LogP contribution in [0.2, 0.25) is 0 Å². The number of fused-ring (bicyclic) bond motifs is 1. The molecule has 116 valence electrons. The second-order valence-corrected chi connectivity index (χ2v) is 5.96. The molecule has 4 heteroatoms. The molecule has 22 heavy (non-hydrogen) atoms. The standard InChI is InChI=1S/C18H23N3O/c1-2-6-18(22)19-15-8-5-12-21(13-15)17-11-10-14-7-3-4-9-16(14)20-17/h3-4,7,9-11,15H,2,5-6,8,12-13H2,1H3,(H,19,22). The molecule has 0 bridgehead atoms. The van der Waals surface area contributed by atoms with Crippen LogP contribution in [-0.4, -0.2) is 30.0 Å². The second-order valence-electron chi connectivity index (χ2n) is 5.96. The Kier molecular flexibility index (Phi) is 4.56. The highest BCUT2D eigenvalue weighted by Crippen LogP contribution is 2.21. The summed E-state index contributed by atoms with van der Waals surface area (Å²) >= 11 is 0.